The molecule has 154 valence electrons. The van der Waals surface area contributed by atoms with Crippen LogP contribution >= 0.6 is 15.9 Å². The van der Waals surface area contributed by atoms with E-state index in [1.807, 2.05) is 0 Å². The third kappa shape index (κ3) is 4.09. The van der Waals surface area contributed by atoms with Gasteiger partial charge >= 0.3 is 0 Å². The van der Waals surface area contributed by atoms with E-state index in [1.54, 1.807) is 24.3 Å². The SMILES string of the molecule is CN(CCO)c1cc(F)c(C(=O)N2CC(=O)N(O)C2c2cccc(Br)c2)c(F)c1. The average molecular weight is 470 g/mol. The summed E-state index contributed by atoms with van der Waals surface area (Å²) < 4.78 is 30.0. The molecule has 1 atom stereocenters. The molecule has 0 bridgehead atoms. The van der Waals surface area contributed by atoms with Crippen LogP contribution in [0.25, 0.3) is 0 Å². The molecule has 0 aromatic heterocycles. The molecule has 0 spiro atoms. The normalized spacial score (nSPS) is 16.5. The van der Waals surface area contributed by atoms with Crippen LogP contribution in [0.15, 0.2) is 40.9 Å². The second-order valence-electron chi connectivity index (χ2n) is 6.53. The van der Waals surface area contributed by atoms with Gasteiger partial charge in [-0.15, -0.1) is 0 Å². The van der Waals surface area contributed by atoms with Crippen molar-refractivity contribution in [3.63, 3.8) is 0 Å². The Morgan fingerprint density at radius 3 is 2.52 bits per heavy atom. The number of aliphatic hydroxyl groups is 1. The standard InChI is InChI=1S/C19H18BrF2N3O4/c1-23(5-6-26)13-8-14(21)17(15(22)9-13)19(28)24-10-16(27)25(29)18(24)11-3-2-4-12(20)7-11/h2-4,7-9,18,26,29H,5-6,10H2,1H3. The molecule has 1 saturated heterocycles. The Hall–Kier alpha value is -2.56. The molecule has 7 nitrogen and oxygen atoms in total. The molecular weight excluding hydrogens is 452 g/mol. The van der Waals surface area contributed by atoms with Crippen molar-refractivity contribution in [1.29, 1.82) is 0 Å². The summed E-state index contributed by atoms with van der Waals surface area (Å²) in [5.41, 5.74) is -0.286. The molecule has 1 aliphatic heterocycles. The third-order valence-corrected chi connectivity index (χ3v) is 5.11. The van der Waals surface area contributed by atoms with Gasteiger partial charge in [-0.1, -0.05) is 28.1 Å². The highest BCUT2D eigenvalue weighted by Gasteiger charge is 2.43. The lowest BCUT2D eigenvalue weighted by atomic mass is 10.1. The van der Waals surface area contributed by atoms with Crippen LogP contribution in [-0.4, -0.2) is 58.8 Å². The molecule has 0 saturated carbocycles. The lowest BCUT2D eigenvalue weighted by molar-refractivity contribution is -0.168. The van der Waals surface area contributed by atoms with E-state index in [0.29, 0.717) is 15.1 Å². The summed E-state index contributed by atoms with van der Waals surface area (Å²) in [6.07, 6.45) is -1.22. The number of aliphatic hydroxyl groups excluding tert-OH is 1. The van der Waals surface area contributed by atoms with Gasteiger partial charge in [-0.2, -0.15) is 5.06 Å². The van der Waals surface area contributed by atoms with E-state index >= 15 is 0 Å². The minimum Gasteiger partial charge on any atom is -0.395 e. The Bertz CT molecular complexity index is 936. The molecule has 1 aliphatic rings. The number of rotatable bonds is 5. The zero-order chi connectivity index (χ0) is 21.3. The van der Waals surface area contributed by atoms with Gasteiger partial charge in [0.1, 0.15) is 23.7 Å². The number of amides is 2. The number of nitrogens with zero attached hydrogens (tertiary/aromatic N) is 3. The van der Waals surface area contributed by atoms with Crippen molar-refractivity contribution in [3.8, 4) is 0 Å². The van der Waals surface area contributed by atoms with E-state index in [2.05, 4.69) is 15.9 Å². The lowest BCUT2D eigenvalue weighted by Crippen LogP contribution is -2.35. The van der Waals surface area contributed by atoms with Crippen LogP contribution in [0.2, 0.25) is 0 Å². The minimum atomic E-state index is -1.22. The Balaban J connectivity index is 1.99. The zero-order valence-electron chi connectivity index (χ0n) is 15.3. The maximum atomic E-state index is 14.7. The number of hydrogen-bond donors (Lipinski definition) is 2. The lowest BCUT2D eigenvalue weighted by Gasteiger charge is -2.27. The number of likely N-dealkylation sites (N-methyl/N-ethyl adjacent to an activating group) is 1. The summed E-state index contributed by atoms with van der Waals surface area (Å²) in [6.45, 7) is -0.592. The van der Waals surface area contributed by atoms with Crippen molar-refractivity contribution in [2.75, 3.05) is 31.6 Å². The fourth-order valence-corrected chi connectivity index (χ4v) is 3.57. The number of hydrogen-bond acceptors (Lipinski definition) is 5. The van der Waals surface area contributed by atoms with Gasteiger partial charge in [-0.3, -0.25) is 14.8 Å². The second-order valence-corrected chi connectivity index (χ2v) is 7.45. The van der Waals surface area contributed by atoms with Gasteiger partial charge in [0.25, 0.3) is 11.8 Å². The first-order valence-corrected chi connectivity index (χ1v) is 9.42. The second kappa shape index (κ2) is 8.44. The van der Waals surface area contributed by atoms with Crippen LogP contribution in [0.5, 0.6) is 0 Å². The number of carbonyl (C=O) groups is 2. The van der Waals surface area contributed by atoms with E-state index in [1.165, 1.54) is 11.9 Å². The smallest absolute Gasteiger partial charge is 0.267 e. The fraction of sp³-hybridized carbons (Fsp3) is 0.263. The van der Waals surface area contributed by atoms with E-state index in [-0.39, 0.29) is 18.8 Å². The molecule has 2 aromatic rings. The highest BCUT2D eigenvalue weighted by molar-refractivity contribution is 9.10. The van der Waals surface area contributed by atoms with Crippen molar-refractivity contribution in [3.05, 3.63) is 63.6 Å². The number of anilines is 1. The van der Waals surface area contributed by atoms with Gasteiger partial charge in [0.15, 0.2) is 6.17 Å². The van der Waals surface area contributed by atoms with Crippen LogP contribution in [0, 0.1) is 11.6 Å². The first-order valence-electron chi connectivity index (χ1n) is 8.63. The summed E-state index contributed by atoms with van der Waals surface area (Å²) in [5.74, 6) is -4.05. The molecule has 1 fully saturated rings. The first kappa shape index (κ1) is 21.2. The quantitative estimate of drug-likeness (QED) is 0.657. The monoisotopic (exact) mass is 469 g/mol. The molecule has 1 unspecified atom stereocenters. The van der Waals surface area contributed by atoms with Gasteiger partial charge < -0.3 is 14.9 Å². The molecule has 0 radical (unpaired) electrons. The van der Waals surface area contributed by atoms with Gasteiger partial charge in [-0.05, 0) is 29.8 Å². The Morgan fingerprint density at radius 1 is 1.28 bits per heavy atom. The van der Waals surface area contributed by atoms with Crippen molar-refractivity contribution < 1.29 is 28.7 Å². The summed E-state index contributed by atoms with van der Waals surface area (Å²) in [6, 6.07) is 8.49. The van der Waals surface area contributed by atoms with Crippen molar-refractivity contribution in [2.24, 2.45) is 0 Å². The van der Waals surface area contributed by atoms with Crippen LogP contribution < -0.4 is 4.90 Å². The highest BCUT2D eigenvalue weighted by atomic mass is 79.9. The summed E-state index contributed by atoms with van der Waals surface area (Å²) >= 11 is 3.27. The highest BCUT2D eigenvalue weighted by Crippen LogP contribution is 2.33. The minimum absolute atomic E-state index is 0.149. The molecule has 29 heavy (non-hydrogen) atoms. The van der Waals surface area contributed by atoms with E-state index < -0.39 is 41.7 Å². The Labute approximate surface area is 173 Å². The van der Waals surface area contributed by atoms with Gasteiger partial charge in [0.05, 0.1) is 6.61 Å². The summed E-state index contributed by atoms with van der Waals surface area (Å²) in [7, 11) is 1.54. The van der Waals surface area contributed by atoms with Crippen LogP contribution in [0.3, 0.4) is 0 Å². The Morgan fingerprint density at radius 2 is 1.93 bits per heavy atom. The van der Waals surface area contributed by atoms with E-state index in [0.717, 1.165) is 17.0 Å². The molecule has 2 aromatic carbocycles. The average Bonchev–Trinajstić information content (AvgIpc) is 2.96. The van der Waals surface area contributed by atoms with Crippen molar-refractivity contribution >= 4 is 33.4 Å². The fourth-order valence-electron chi connectivity index (χ4n) is 3.15. The molecular formula is C19H18BrF2N3O4. The molecule has 3 rings (SSSR count). The number of hydroxylamine groups is 2. The first-order chi connectivity index (χ1) is 13.7. The van der Waals surface area contributed by atoms with Crippen LogP contribution in [-0.2, 0) is 4.79 Å². The van der Waals surface area contributed by atoms with E-state index in [4.69, 9.17) is 5.11 Å². The molecule has 2 amide bonds. The predicted octanol–water partition coefficient (Wildman–Crippen LogP) is 2.53. The molecule has 1 heterocycles. The third-order valence-electron chi connectivity index (χ3n) is 4.61. The molecule has 10 heteroatoms. The van der Waals surface area contributed by atoms with Crippen molar-refractivity contribution in [2.45, 2.75) is 6.17 Å². The molecule has 2 N–H and O–H groups in total. The van der Waals surface area contributed by atoms with Crippen molar-refractivity contribution in [1.82, 2.24) is 9.96 Å². The summed E-state index contributed by atoms with van der Waals surface area (Å²) in [5, 5.41) is 19.5. The van der Waals surface area contributed by atoms with Gasteiger partial charge in [-0.25, -0.2) is 8.78 Å². The van der Waals surface area contributed by atoms with E-state index in [9.17, 15) is 23.6 Å². The zero-order valence-corrected chi connectivity index (χ0v) is 16.9. The summed E-state index contributed by atoms with van der Waals surface area (Å²) in [4.78, 5) is 27.3. The van der Waals surface area contributed by atoms with Gasteiger partial charge in [0.2, 0.25) is 0 Å². The number of carbonyl (C=O) groups excluding carboxylic acids is 2. The van der Waals surface area contributed by atoms with Gasteiger partial charge in [0, 0.05) is 23.8 Å². The molecule has 0 aliphatic carbocycles. The maximum absolute atomic E-state index is 14.7. The van der Waals surface area contributed by atoms with Crippen LogP contribution in [0.4, 0.5) is 14.5 Å². The Kier molecular flexibility index (Phi) is 6.15. The number of halogens is 3. The predicted molar refractivity (Wildman–Crippen MR) is 103 cm³/mol. The topological polar surface area (TPSA) is 84.3 Å². The maximum Gasteiger partial charge on any atom is 0.267 e. The number of benzene rings is 2. The largest absolute Gasteiger partial charge is 0.395 e. The van der Waals surface area contributed by atoms with Crippen LogP contribution in [0.1, 0.15) is 22.1 Å².